The molecule has 2 unspecified atom stereocenters. The maximum Gasteiger partial charge on any atom is 0.453 e. The molecule has 0 bridgehead atoms. The zero-order valence-electron chi connectivity index (χ0n) is 20.2. The summed E-state index contributed by atoms with van der Waals surface area (Å²) in [4.78, 5) is 30.0. The Morgan fingerprint density at radius 3 is 2.59 bits per heavy atom. The number of alkyl halides is 5. The summed E-state index contributed by atoms with van der Waals surface area (Å²) in [6.07, 6.45) is -7.18. The average Bonchev–Trinajstić information content (AvgIpc) is 3.34. The number of carbonyl (C=O) groups excluding carboxylic acids is 1. The van der Waals surface area contributed by atoms with Crippen LogP contribution in [0.1, 0.15) is 43.6 Å². The predicted molar refractivity (Wildman–Crippen MR) is 130 cm³/mol. The number of hydrogen-bond donors (Lipinski definition) is 3. The molecule has 39 heavy (non-hydrogen) atoms. The molecule has 1 aromatic heterocycles. The number of aromatic nitrogens is 2. The van der Waals surface area contributed by atoms with Crippen LogP contribution in [0.5, 0.6) is 0 Å². The number of amides is 1. The van der Waals surface area contributed by atoms with E-state index in [1.807, 2.05) is 0 Å². The van der Waals surface area contributed by atoms with E-state index >= 15 is 0 Å². The first kappa shape index (κ1) is 26.9. The van der Waals surface area contributed by atoms with E-state index in [0.29, 0.717) is 0 Å². The summed E-state index contributed by atoms with van der Waals surface area (Å²) in [5, 5.41) is 3.77. The quantitative estimate of drug-likeness (QED) is 0.457. The third-order valence-corrected chi connectivity index (χ3v) is 6.88. The van der Waals surface area contributed by atoms with Gasteiger partial charge in [0.2, 0.25) is 5.91 Å². The topological polar surface area (TPSA) is 121 Å². The summed E-state index contributed by atoms with van der Waals surface area (Å²) in [5.74, 6) is -6.48. The van der Waals surface area contributed by atoms with Crippen molar-refractivity contribution in [1.29, 1.82) is 0 Å². The first-order chi connectivity index (χ1) is 18.1. The number of benzene rings is 1. The van der Waals surface area contributed by atoms with Gasteiger partial charge < -0.3 is 11.1 Å². The summed E-state index contributed by atoms with van der Waals surface area (Å²) in [5.41, 5.74) is 7.87. The minimum Gasteiger partial charge on any atom is -0.383 e. The fourth-order valence-electron chi connectivity index (χ4n) is 4.49. The Morgan fingerprint density at radius 2 is 1.92 bits per heavy atom. The van der Waals surface area contributed by atoms with Crippen LogP contribution in [-0.2, 0) is 10.2 Å². The Hall–Kier alpha value is -3.72. The molecule has 3 aliphatic rings. The number of rotatable bonds is 5. The van der Waals surface area contributed by atoms with E-state index in [9.17, 15) is 31.1 Å². The van der Waals surface area contributed by atoms with Crippen molar-refractivity contribution in [3.63, 3.8) is 0 Å². The van der Waals surface area contributed by atoms with Gasteiger partial charge in [0.05, 0.1) is 22.5 Å². The highest BCUT2D eigenvalue weighted by molar-refractivity contribution is 6.43. The van der Waals surface area contributed by atoms with E-state index < -0.39 is 48.2 Å². The zero-order chi connectivity index (χ0) is 28.5. The molecule has 3 aliphatic heterocycles. The van der Waals surface area contributed by atoms with Gasteiger partial charge in [-0.15, -0.1) is 0 Å². The molecule has 2 aromatic rings. The second-order valence-corrected chi connectivity index (χ2v) is 9.67. The molecule has 4 heterocycles. The number of halogens is 7. The van der Waals surface area contributed by atoms with E-state index in [4.69, 9.17) is 17.3 Å². The molecule has 0 fully saturated rings. The molecule has 0 saturated heterocycles. The molecular weight excluding hydrogens is 554 g/mol. The van der Waals surface area contributed by atoms with Crippen molar-refractivity contribution in [3.8, 4) is 0 Å². The molecule has 1 amide bonds. The van der Waals surface area contributed by atoms with Crippen molar-refractivity contribution < 1.29 is 31.1 Å². The standard InChI is InChI=1S/C23H19ClF6N8O/c1-9-32-19-13(5-6-22(26,27)23(28,29)30)33-14(8-38(19)37-9)17-34-16(31)15-18(35-17)36-20(39)21(15,2)10-3-4-11(24)12(25)7-10/h3-4,7-9,37H,5-6H2,1-2H3,(H3,31,34,35,36,39). The van der Waals surface area contributed by atoms with Crippen LogP contribution in [-0.4, -0.2) is 50.7 Å². The third kappa shape index (κ3) is 4.38. The molecule has 1 aromatic carbocycles. The number of carbonyl (C=O) groups is 1. The normalized spacial score (nSPS) is 22.7. The molecule has 0 spiro atoms. The molecular formula is C23H19ClF6N8O. The Labute approximate surface area is 221 Å². The van der Waals surface area contributed by atoms with Crippen LogP contribution in [0.2, 0.25) is 5.02 Å². The van der Waals surface area contributed by atoms with Crippen LogP contribution in [0.3, 0.4) is 0 Å². The number of amidine groups is 1. The number of anilines is 2. The molecule has 0 radical (unpaired) electrons. The van der Waals surface area contributed by atoms with Crippen LogP contribution in [0, 0.1) is 5.82 Å². The first-order valence-electron chi connectivity index (χ1n) is 11.4. The van der Waals surface area contributed by atoms with E-state index in [1.54, 1.807) is 6.92 Å². The van der Waals surface area contributed by atoms with Crippen molar-refractivity contribution >= 4 is 46.4 Å². The molecule has 0 aliphatic carbocycles. The fourth-order valence-corrected chi connectivity index (χ4v) is 4.61. The third-order valence-electron chi connectivity index (χ3n) is 6.57. The number of aliphatic imine (C=N–C) groups is 2. The molecule has 5 rings (SSSR count). The second kappa shape index (κ2) is 8.91. The number of hydrogen-bond acceptors (Lipinski definition) is 8. The fraction of sp³-hybridized carbons (Fsp3) is 0.348. The van der Waals surface area contributed by atoms with E-state index in [0.717, 1.165) is 6.07 Å². The Balaban J connectivity index is 1.53. The van der Waals surface area contributed by atoms with Gasteiger partial charge in [0.15, 0.2) is 11.7 Å². The second-order valence-electron chi connectivity index (χ2n) is 9.27. The lowest BCUT2D eigenvalue weighted by Crippen LogP contribution is -2.42. The summed E-state index contributed by atoms with van der Waals surface area (Å²) in [6.45, 7) is 3.14. The lowest BCUT2D eigenvalue weighted by Gasteiger charge is -2.25. The lowest BCUT2D eigenvalue weighted by atomic mass is 9.77. The van der Waals surface area contributed by atoms with E-state index in [1.165, 1.54) is 30.3 Å². The van der Waals surface area contributed by atoms with Gasteiger partial charge in [-0.3, -0.25) is 9.80 Å². The van der Waals surface area contributed by atoms with E-state index in [-0.39, 0.29) is 50.9 Å². The van der Waals surface area contributed by atoms with Crippen LogP contribution in [0.4, 0.5) is 38.0 Å². The molecule has 16 heteroatoms. The summed E-state index contributed by atoms with van der Waals surface area (Å²) < 4.78 is 79.7. The average molecular weight is 573 g/mol. The SMILES string of the molecule is CC1N=C2C(CCC(F)(F)C(F)(F)F)=NC(c3nc(N)c4c(n3)NC(=O)C4(C)c3ccc(Cl)c(F)c3)=CN2N1. The molecule has 9 nitrogen and oxygen atoms in total. The van der Waals surface area contributed by atoms with Crippen molar-refractivity contribution in [1.82, 2.24) is 20.4 Å². The van der Waals surface area contributed by atoms with Gasteiger partial charge >= 0.3 is 12.1 Å². The number of nitrogen functional groups attached to an aromatic ring is 1. The van der Waals surface area contributed by atoms with E-state index in [2.05, 4.69) is 30.7 Å². The van der Waals surface area contributed by atoms with Gasteiger partial charge in [0, 0.05) is 6.42 Å². The van der Waals surface area contributed by atoms with Crippen LogP contribution in [0.25, 0.3) is 5.70 Å². The molecule has 2 atom stereocenters. The molecule has 206 valence electrons. The highest BCUT2D eigenvalue weighted by Crippen LogP contribution is 2.45. The molecule has 0 saturated carbocycles. The Morgan fingerprint density at radius 1 is 1.21 bits per heavy atom. The van der Waals surface area contributed by atoms with Gasteiger partial charge in [-0.1, -0.05) is 17.7 Å². The van der Waals surface area contributed by atoms with Gasteiger partial charge in [-0.2, -0.15) is 22.0 Å². The number of nitrogens with one attached hydrogen (secondary N) is 2. The van der Waals surface area contributed by atoms with Crippen LogP contribution in [0.15, 0.2) is 34.4 Å². The number of fused-ring (bicyclic) bond motifs is 2. The van der Waals surface area contributed by atoms with Crippen LogP contribution >= 0.6 is 11.6 Å². The predicted octanol–water partition coefficient (Wildman–Crippen LogP) is 4.40. The lowest BCUT2D eigenvalue weighted by molar-refractivity contribution is -0.283. The first-order valence-corrected chi connectivity index (χ1v) is 11.8. The Bertz CT molecular complexity index is 1490. The summed E-state index contributed by atoms with van der Waals surface area (Å²) in [6, 6.07) is 3.86. The van der Waals surface area contributed by atoms with Crippen molar-refractivity contribution in [2.75, 3.05) is 11.1 Å². The minimum atomic E-state index is -5.72. The maximum absolute atomic E-state index is 14.2. The monoisotopic (exact) mass is 572 g/mol. The highest BCUT2D eigenvalue weighted by atomic mass is 35.5. The molecule has 4 N–H and O–H groups in total. The summed E-state index contributed by atoms with van der Waals surface area (Å²) >= 11 is 5.78. The maximum atomic E-state index is 14.2. The minimum absolute atomic E-state index is 0.00354. The van der Waals surface area contributed by atoms with Crippen molar-refractivity contribution in [2.45, 2.75) is 50.4 Å². The smallest absolute Gasteiger partial charge is 0.383 e. The van der Waals surface area contributed by atoms with Gasteiger partial charge in [-0.25, -0.2) is 29.8 Å². The van der Waals surface area contributed by atoms with Gasteiger partial charge in [-0.05, 0) is 38.0 Å². The van der Waals surface area contributed by atoms with Crippen molar-refractivity contribution in [2.24, 2.45) is 9.98 Å². The van der Waals surface area contributed by atoms with Gasteiger partial charge in [0.1, 0.15) is 34.7 Å². The highest BCUT2D eigenvalue weighted by Gasteiger charge is 2.57. The summed E-state index contributed by atoms with van der Waals surface area (Å²) in [7, 11) is 0. The van der Waals surface area contributed by atoms with Gasteiger partial charge in [0.25, 0.3) is 0 Å². The zero-order valence-corrected chi connectivity index (χ0v) is 20.9. The number of nitrogens with two attached hydrogens (primary N) is 1. The number of nitrogens with zero attached hydrogens (tertiary/aromatic N) is 5. The Kier molecular flexibility index (Phi) is 6.14. The number of hydrazine groups is 1. The van der Waals surface area contributed by atoms with Crippen molar-refractivity contribution in [3.05, 3.63) is 52.2 Å². The largest absolute Gasteiger partial charge is 0.453 e. The van der Waals surface area contributed by atoms with Crippen LogP contribution < -0.4 is 16.5 Å².